The van der Waals surface area contributed by atoms with E-state index in [0.29, 0.717) is 16.3 Å². The molecule has 2 saturated heterocycles. The number of hydrogen-bond donors (Lipinski definition) is 1. The number of hydrogen-bond acceptors (Lipinski definition) is 5. The van der Waals surface area contributed by atoms with Crippen LogP contribution in [0.15, 0.2) is 29.2 Å². The Morgan fingerprint density at radius 3 is 2.41 bits per heavy atom. The zero-order valence-corrected chi connectivity index (χ0v) is 20.6. The Morgan fingerprint density at radius 1 is 1.16 bits per heavy atom. The predicted octanol–water partition coefficient (Wildman–Crippen LogP) is 4.99. The molecule has 0 aliphatic carbocycles. The number of benzene rings is 1. The molecule has 0 radical (unpaired) electrons. The van der Waals surface area contributed by atoms with Crippen molar-refractivity contribution in [3.63, 3.8) is 0 Å². The molecule has 2 aliphatic rings. The van der Waals surface area contributed by atoms with E-state index in [1.807, 2.05) is 13.8 Å². The second kappa shape index (κ2) is 9.56. The fourth-order valence-electron chi connectivity index (χ4n) is 5.32. The van der Waals surface area contributed by atoms with Crippen LogP contribution in [-0.2, 0) is 16.3 Å². The van der Waals surface area contributed by atoms with Gasteiger partial charge in [-0.1, -0.05) is 39.3 Å². The van der Waals surface area contributed by atoms with Crippen molar-refractivity contribution in [3.05, 3.63) is 41.2 Å². The van der Waals surface area contributed by atoms with Crippen LogP contribution >= 0.6 is 0 Å². The number of aromatic nitrogens is 2. The van der Waals surface area contributed by atoms with Crippen molar-refractivity contribution in [3.8, 4) is 5.75 Å². The molecule has 0 saturated carbocycles. The molecule has 1 aromatic carbocycles. The lowest BCUT2D eigenvalue weighted by Crippen LogP contribution is -2.48. The van der Waals surface area contributed by atoms with E-state index < -0.39 is 9.84 Å². The number of ether oxygens (including phenoxy) is 1. The summed E-state index contributed by atoms with van der Waals surface area (Å²) in [5.41, 5.74) is 2.65. The number of nitrogens with one attached hydrogen (secondary N) is 1. The van der Waals surface area contributed by atoms with Crippen molar-refractivity contribution in [2.75, 3.05) is 5.88 Å². The topological polar surface area (TPSA) is 75.3 Å². The highest BCUT2D eigenvalue weighted by atomic mass is 32.2. The Kier molecular flexibility index (Phi) is 6.96. The Labute approximate surface area is 192 Å². The summed E-state index contributed by atoms with van der Waals surface area (Å²) in [5.74, 6) is 1.06. The quantitative estimate of drug-likeness (QED) is 0.572. The highest BCUT2D eigenvalue weighted by Crippen LogP contribution is 2.39. The maximum Gasteiger partial charge on any atom is 0.195 e. The monoisotopic (exact) mass is 459 g/mol. The minimum atomic E-state index is -3.45. The molecule has 0 amide bonds. The molecule has 1 N–H and O–H groups in total. The lowest BCUT2D eigenvalue weighted by atomic mass is 10.0. The Morgan fingerprint density at radius 2 is 1.81 bits per heavy atom. The summed E-state index contributed by atoms with van der Waals surface area (Å²) in [4.78, 5) is 2.60. The predicted molar refractivity (Wildman–Crippen MR) is 127 cm³/mol. The van der Waals surface area contributed by atoms with E-state index in [1.165, 1.54) is 18.4 Å². The van der Waals surface area contributed by atoms with E-state index in [-0.39, 0.29) is 30.0 Å². The first kappa shape index (κ1) is 23.3. The van der Waals surface area contributed by atoms with Gasteiger partial charge in [0.2, 0.25) is 0 Å². The zero-order valence-electron chi connectivity index (χ0n) is 19.8. The lowest BCUT2D eigenvalue weighted by molar-refractivity contribution is 0.0609. The van der Waals surface area contributed by atoms with E-state index in [9.17, 15) is 8.42 Å². The van der Waals surface area contributed by atoms with Crippen LogP contribution in [0.25, 0.3) is 0 Å². The van der Waals surface area contributed by atoms with Crippen molar-refractivity contribution < 1.29 is 13.2 Å². The Balaban J connectivity index is 1.41. The molecule has 32 heavy (non-hydrogen) atoms. The van der Waals surface area contributed by atoms with Gasteiger partial charge in [-0.05, 0) is 69.1 Å². The molecule has 2 aromatic rings. The summed E-state index contributed by atoms with van der Waals surface area (Å²) in [6, 6.07) is 9.01. The van der Waals surface area contributed by atoms with Crippen molar-refractivity contribution >= 4 is 9.84 Å². The van der Waals surface area contributed by atoms with Gasteiger partial charge in [-0.2, -0.15) is 5.10 Å². The fourth-order valence-corrected chi connectivity index (χ4v) is 7.38. The molecule has 176 valence electrons. The molecule has 2 aliphatic heterocycles. The number of rotatable bonds is 9. The highest BCUT2D eigenvalue weighted by molar-refractivity contribution is 7.91. The van der Waals surface area contributed by atoms with Crippen LogP contribution in [0.3, 0.4) is 0 Å². The first-order valence-corrected chi connectivity index (χ1v) is 13.7. The number of nitrogens with zero attached hydrogens (tertiary/aromatic N) is 2. The molecular formula is C25H37N3O3S. The van der Waals surface area contributed by atoms with Gasteiger partial charge in [-0.3, -0.25) is 10.00 Å². The van der Waals surface area contributed by atoms with Crippen LogP contribution in [0.1, 0.15) is 82.2 Å². The Bertz CT molecular complexity index is 1000. The standard InChI is InChI=1S/C25H37N3O3S/c1-5-6-7-19-8-12-22(13-9-19)31-23-14-20-10-11-21(15-23)28(20)16-32(29,30)25-18(4)26-27-24(25)17(2)3/h8-9,12-13,17,20-21,23H,5-7,10-11,14-16H2,1-4H3,(H,26,27)/t20-,21?,23-/m1/s1. The first-order valence-electron chi connectivity index (χ1n) is 12.1. The maximum absolute atomic E-state index is 13.4. The second-order valence-corrected chi connectivity index (χ2v) is 11.7. The molecule has 0 spiro atoms. The van der Waals surface area contributed by atoms with Crippen LogP contribution in [0.4, 0.5) is 0 Å². The number of unbranched alkanes of at least 4 members (excludes halogenated alkanes) is 1. The normalized spacial score (nSPS) is 23.7. The minimum Gasteiger partial charge on any atom is -0.490 e. The molecule has 4 rings (SSSR count). The number of piperidine rings is 1. The molecule has 3 heterocycles. The summed E-state index contributed by atoms with van der Waals surface area (Å²) < 4.78 is 33.1. The van der Waals surface area contributed by atoms with Gasteiger partial charge in [0, 0.05) is 12.1 Å². The highest BCUT2D eigenvalue weighted by Gasteiger charge is 2.44. The minimum absolute atomic E-state index is 0.0638. The second-order valence-electron chi connectivity index (χ2n) is 9.82. The third kappa shape index (κ3) is 4.88. The number of fused-ring (bicyclic) bond motifs is 2. The summed E-state index contributed by atoms with van der Waals surface area (Å²) in [7, 11) is -3.45. The molecule has 7 heteroatoms. The number of aromatic amines is 1. The number of sulfone groups is 1. The van der Waals surface area contributed by atoms with Crippen molar-refractivity contribution in [2.45, 2.75) is 102 Å². The van der Waals surface area contributed by atoms with Gasteiger partial charge in [0.1, 0.15) is 22.6 Å². The number of H-pyrrole nitrogens is 1. The van der Waals surface area contributed by atoms with Crippen molar-refractivity contribution in [2.24, 2.45) is 0 Å². The van der Waals surface area contributed by atoms with Gasteiger partial charge in [-0.25, -0.2) is 8.42 Å². The molecule has 2 fully saturated rings. The SMILES string of the molecule is CCCCc1ccc(O[C@H]2CC3CC[C@H](C2)N3CS(=O)(=O)c2c(C(C)C)n[nH]c2C)cc1. The summed E-state index contributed by atoms with van der Waals surface area (Å²) in [6.45, 7) is 7.98. The van der Waals surface area contributed by atoms with Gasteiger partial charge in [0.15, 0.2) is 9.84 Å². The third-order valence-corrected chi connectivity index (χ3v) is 8.76. The molecule has 3 atom stereocenters. The van der Waals surface area contributed by atoms with Gasteiger partial charge in [-0.15, -0.1) is 0 Å². The summed E-state index contributed by atoms with van der Waals surface area (Å²) in [5, 5.41) is 7.15. The molecule has 1 aromatic heterocycles. The van der Waals surface area contributed by atoms with Crippen LogP contribution in [0.5, 0.6) is 5.75 Å². The van der Waals surface area contributed by atoms with Crippen molar-refractivity contribution in [1.29, 1.82) is 0 Å². The van der Waals surface area contributed by atoms with E-state index in [4.69, 9.17) is 4.74 Å². The smallest absolute Gasteiger partial charge is 0.195 e. The van der Waals surface area contributed by atoms with Crippen molar-refractivity contribution in [1.82, 2.24) is 15.1 Å². The van der Waals surface area contributed by atoms with Gasteiger partial charge in [0.05, 0.1) is 11.4 Å². The van der Waals surface area contributed by atoms with E-state index >= 15 is 0 Å². The molecule has 2 bridgehead atoms. The van der Waals surface area contributed by atoms with Crippen LogP contribution in [0.2, 0.25) is 0 Å². The van der Waals surface area contributed by atoms with Crippen LogP contribution in [-0.4, -0.2) is 47.6 Å². The van der Waals surface area contributed by atoms with Gasteiger partial charge in [0.25, 0.3) is 0 Å². The third-order valence-electron chi connectivity index (χ3n) is 6.98. The van der Waals surface area contributed by atoms with Gasteiger partial charge < -0.3 is 4.74 Å². The van der Waals surface area contributed by atoms with E-state index in [0.717, 1.165) is 37.9 Å². The lowest BCUT2D eigenvalue weighted by Gasteiger charge is -2.38. The average molecular weight is 460 g/mol. The largest absolute Gasteiger partial charge is 0.490 e. The van der Waals surface area contributed by atoms with Crippen LogP contribution in [0, 0.1) is 6.92 Å². The fraction of sp³-hybridized carbons (Fsp3) is 0.640. The summed E-state index contributed by atoms with van der Waals surface area (Å²) >= 11 is 0. The Hall–Kier alpha value is -1.86. The summed E-state index contributed by atoms with van der Waals surface area (Å²) in [6.07, 6.45) is 7.51. The average Bonchev–Trinajstić information content (AvgIpc) is 3.24. The van der Waals surface area contributed by atoms with E-state index in [1.54, 1.807) is 6.92 Å². The molecule has 1 unspecified atom stereocenters. The zero-order chi connectivity index (χ0) is 22.9. The molecular weight excluding hydrogens is 422 g/mol. The first-order chi connectivity index (χ1) is 15.3. The van der Waals surface area contributed by atoms with E-state index in [2.05, 4.69) is 46.3 Å². The van der Waals surface area contributed by atoms with Crippen LogP contribution < -0.4 is 4.74 Å². The molecule has 6 nitrogen and oxygen atoms in total. The van der Waals surface area contributed by atoms with Gasteiger partial charge >= 0.3 is 0 Å². The number of aryl methyl sites for hydroxylation is 2. The maximum atomic E-state index is 13.4.